The summed E-state index contributed by atoms with van der Waals surface area (Å²) in [4.78, 5) is 47.9. The summed E-state index contributed by atoms with van der Waals surface area (Å²) in [6.07, 6.45) is -0.760. The highest BCUT2D eigenvalue weighted by molar-refractivity contribution is 6.03. The van der Waals surface area contributed by atoms with Gasteiger partial charge in [-0.25, -0.2) is 0 Å². The lowest BCUT2D eigenvalue weighted by molar-refractivity contribution is -0.149. The molecule has 0 aliphatic rings. The van der Waals surface area contributed by atoms with E-state index in [1.54, 1.807) is 48.5 Å². The predicted octanol–water partition coefficient (Wildman–Crippen LogP) is 3.82. The molecule has 7 heteroatoms. The molecule has 0 bridgehead atoms. The predicted molar refractivity (Wildman–Crippen MR) is 117 cm³/mol. The van der Waals surface area contributed by atoms with E-state index in [2.05, 4.69) is 0 Å². The van der Waals surface area contributed by atoms with Crippen molar-refractivity contribution in [1.29, 1.82) is 0 Å². The number of hydrogen-bond acceptors (Lipinski definition) is 7. The fraction of sp³-hybridized carbons (Fsp3) is 0.360. The van der Waals surface area contributed by atoms with Gasteiger partial charge in [0, 0.05) is 25.0 Å². The normalized spacial score (nSPS) is 12.6. The number of Topliss-reactive ketones (excluding diaryl/α,β-unsaturated/α-hetero) is 2. The van der Waals surface area contributed by atoms with Crippen molar-refractivity contribution in [3.05, 3.63) is 70.8 Å². The monoisotopic (exact) mass is 440 g/mol. The van der Waals surface area contributed by atoms with E-state index in [1.165, 1.54) is 41.5 Å². The molecular weight excluding hydrogens is 412 g/mol. The first-order chi connectivity index (χ1) is 14.7. The summed E-state index contributed by atoms with van der Waals surface area (Å²) in [5, 5.41) is 9.92. The Labute approximate surface area is 187 Å². The van der Waals surface area contributed by atoms with E-state index < -0.39 is 35.0 Å². The number of benzene rings is 2. The van der Waals surface area contributed by atoms with Crippen LogP contribution in [-0.4, -0.2) is 39.8 Å². The van der Waals surface area contributed by atoms with Gasteiger partial charge in [0.25, 0.3) is 0 Å². The fourth-order valence-corrected chi connectivity index (χ4v) is 3.22. The zero-order valence-corrected chi connectivity index (χ0v) is 19.1. The van der Waals surface area contributed by atoms with Crippen LogP contribution in [0, 0.1) is 0 Å². The van der Waals surface area contributed by atoms with Gasteiger partial charge in [0.2, 0.25) is 5.78 Å². The van der Waals surface area contributed by atoms with Crippen molar-refractivity contribution >= 4 is 23.5 Å². The van der Waals surface area contributed by atoms with Crippen LogP contribution in [0.1, 0.15) is 79.5 Å². The molecule has 1 atom stereocenters. The maximum Gasteiger partial charge on any atom is 0.303 e. The molecule has 0 aliphatic heterocycles. The van der Waals surface area contributed by atoms with Crippen LogP contribution in [0.3, 0.4) is 0 Å². The summed E-state index contributed by atoms with van der Waals surface area (Å²) >= 11 is 0. The average molecular weight is 440 g/mol. The van der Waals surface area contributed by atoms with Crippen molar-refractivity contribution in [2.45, 2.75) is 58.8 Å². The SMILES string of the molecule is CC(=O)OC(c1ccc(C(=O)C(C)(C)O)cc1)c1ccc(C(=O)C(C)(C)OC(C)=O)cc1. The Morgan fingerprint density at radius 1 is 0.719 bits per heavy atom. The number of carbonyl (C=O) groups excluding carboxylic acids is 4. The molecule has 0 amide bonds. The number of hydrogen-bond donors (Lipinski definition) is 1. The minimum Gasteiger partial charge on any atom is -0.453 e. The summed E-state index contributed by atoms with van der Waals surface area (Å²) in [6.45, 7) is 8.39. The number of rotatable bonds is 8. The Morgan fingerprint density at radius 3 is 1.47 bits per heavy atom. The van der Waals surface area contributed by atoms with Gasteiger partial charge in [0.1, 0.15) is 5.60 Å². The zero-order valence-electron chi connectivity index (χ0n) is 19.1. The minimum atomic E-state index is -1.50. The molecule has 1 unspecified atom stereocenters. The van der Waals surface area contributed by atoms with Gasteiger partial charge in [0.15, 0.2) is 17.5 Å². The molecule has 0 saturated carbocycles. The molecular formula is C25H28O7. The highest BCUT2D eigenvalue weighted by Crippen LogP contribution is 2.28. The van der Waals surface area contributed by atoms with E-state index in [1.807, 2.05) is 0 Å². The third-order valence-electron chi connectivity index (χ3n) is 4.74. The van der Waals surface area contributed by atoms with Gasteiger partial charge in [-0.05, 0) is 38.8 Å². The van der Waals surface area contributed by atoms with Crippen molar-refractivity contribution in [1.82, 2.24) is 0 Å². The van der Waals surface area contributed by atoms with Gasteiger partial charge < -0.3 is 14.6 Å². The van der Waals surface area contributed by atoms with Crippen molar-refractivity contribution in [2.24, 2.45) is 0 Å². The minimum absolute atomic E-state index is 0.330. The quantitative estimate of drug-likeness (QED) is 0.491. The second kappa shape index (κ2) is 9.44. The molecule has 0 aromatic heterocycles. The van der Waals surface area contributed by atoms with Crippen LogP contribution in [0.25, 0.3) is 0 Å². The van der Waals surface area contributed by atoms with Crippen molar-refractivity contribution in [2.75, 3.05) is 0 Å². The van der Waals surface area contributed by atoms with E-state index in [-0.39, 0.29) is 5.78 Å². The van der Waals surface area contributed by atoms with E-state index in [9.17, 15) is 24.3 Å². The maximum absolute atomic E-state index is 12.7. The van der Waals surface area contributed by atoms with Gasteiger partial charge in [-0.15, -0.1) is 0 Å². The number of ketones is 2. The summed E-state index contributed by atoms with van der Waals surface area (Å²) in [6, 6.07) is 12.9. The first-order valence-corrected chi connectivity index (χ1v) is 10.1. The van der Waals surface area contributed by atoms with Crippen molar-refractivity contribution < 1.29 is 33.8 Å². The van der Waals surface area contributed by atoms with Crippen LogP contribution in [0.15, 0.2) is 48.5 Å². The van der Waals surface area contributed by atoms with Crippen LogP contribution in [0.4, 0.5) is 0 Å². The molecule has 0 heterocycles. The Kier molecular flexibility index (Phi) is 7.36. The van der Waals surface area contributed by atoms with Crippen LogP contribution < -0.4 is 0 Å². The topological polar surface area (TPSA) is 107 Å². The van der Waals surface area contributed by atoms with Crippen LogP contribution in [-0.2, 0) is 19.1 Å². The number of aliphatic hydroxyl groups is 1. The standard InChI is InChI=1S/C25H28O7/c1-15(26)31-21(17-7-11-19(12-8-17)22(28)24(3,4)30)18-9-13-20(14-10-18)23(29)25(5,6)32-16(2)27/h7-14,21,30H,1-6H3. The number of carbonyl (C=O) groups is 4. The summed E-state index contributed by atoms with van der Waals surface area (Å²) < 4.78 is 10.6. The highest BCUT2D eigenvalue weighted by Gasteiger charge is 2.32. The van der Waals surface area contributed by atoms with Crippen LogP contribution >= 0.6 is 0 Å². The van der Waals surface area contributed by atoms with E-state index in [0.717, 1.165) is 0 Å². The molecule has 0 saturated heterocycles. The molecule has 2 rings (SSSR count). The zero-order chi connectivity index (χ0) is 24.3. The van der Waals surface area contributed by atoms with E-state index in [4.69, 9.17) is 9.47 Å². The Bertz CT molecular complexity index is 1010. The molecule has 0 aliphatic carbocycles. The van der Waals surface area contributed by atoms with Crippen LogP contribution in [0.5, 0.6) is 0 Å². The van der Waals surface area contributed by atoms with Crippen LogP contribution in [0.2, 0.25) is 0 Å². The first kappa shape index (κ1) is 24.9. The molecule has 2 aromatic carbocycles. The third kappa shape index (κ3) is 6.11. The summed E-state index contributed by atoms with van der Waals surface area (Å²) in [5.41, 5.74) is -0.913. The van der Waals surface area contributed by atoms with E-state index in [0.29, 0.717) is 22.3 Å². The number of esters is 2. The average Bonchev–Trinajstić information content (AvgIpc) is 2.69. The lowest BCUT2D eigenvalue weighted by Crippen LogP contribution is -2.36. The van der Waals surface area contributed by atoms with Gasteiger partial charge >= 0.3 is 11.9 Å². The Balaban J connectivity index is 2.34. The maximum atomic E-state index is 12.7. The highest BCUT2D eigenvalue weighted by atomic mass is 16.6. The lowest BCUT2D eigenvalue weighted by Gasteiger charge is -2.23. The van der Waals surface area contributed by atoms with Crippen molar-refractivity contribution in [3.8, 4) is 0 Å². The Hall–Kier alpha value is -3.32. The van der Waals surface area contributed by atoms with Gasteiger partial charge in [-0.2, -0.15) is 0 Å². The summed E-state index contributed by atoms with van der Waals surface area (Å²) in [7, 11) is 0. The second-order valence-electron chi connectivity index (χ2n) is 8.55. The fourth-order valence-electron chi connectivity index (χ4n) is 3.22. The second-order valence-corrected chi connectivity index (χ2v) is 8.55. The lowest BCUT2D eigenvalue weighted by atomic mass is 9.92. The molecule has 7 nitrogen and oxygen atoms in total. The third-order valence-corrected chi connectivity index (χ3v) is 4.74. The molecule has 0 radical (unpaired) electrons. The van der Waals surface area contributed by atoms with Crippen molar-refractivity contribution in [3.63, 3.8) is 0 Å². The molecule has 170 valence electrons. The molecule has 1 N–H and O–H groups in total. The van der Waals surface area contributed by atoms with Gasteiger partial charge in [-0.3, -0.25) is 19.2 Å². The largest absolute Gasteiger partial charge is 0.453 e. The van der Waals surface area contributed by atoms with E-state index >= 15 is 0 Å². The molecule has 2 aromatic rings. The Morgan fingerprint density at radius 2 is 1.12 bits per heavy atom. The number of ether oxygens (including phenoxy) is 2. The molecule has 32 heavy (non-hydrogen) atoms. The smallest absolute Gasteiger partial charge is 0.303 e. The molecule has 0 spiro atoms. The van der Waals surface area contributed by atoms with Gasteiger partial charge in [0.05, 0.1) is 0 Å². The summed E-state index contributed by atoms with van der Waals surface area (Å²) in [5.74, 6) is -1.84. The van der Waals surface area contributed by atoms with Gasteiger partial charge in [-0.1, -0.05) is 48.5 Å². The first-order valence-electron chi connectivity index (χ1n) is 10.1. The molecule has 0 fully saturated rings.